The maximum absolute atomic E-state index is 11.5. The van der Waals surface area contributed by atoms with E-state index in [1.54, 1.807) is 26.2 Å². The predicted molar refractivity (Wildman–Crippen MR) is 59.4 cm³/mol. The number of rotatable bonds is 1. The Balaban J connectivity index is 3.13. The van der Waals surface area contributed by atoms with Gasteiger partial charge in [0.2, 0.25) is 0 Å². The fourth-order valence-electron chi connectivity index (χ4n) is 0.829. The number of hydrogen-bond donors (Lipinski definition) is 1. The van der Waals surface area contributed by atoms with Gasteiger partial charge in [-0.3, -0.25) is 4.79 Å². The van der Waals surface area contributed by atoms with Crippen LogP contribution in [0.2, 0.25) is 0 Å². The third kappa shape index (κ3) is 2.30. The first-order valence-corrected chi connectivity index (χ1v) is 4.74. The number of anilines is 1. The van der Waals surface area contributed by atoms with Crippen LogP contribution in [0.25, 0.3) is 0 Å². The predicted octanol–water partition coefficient (Wildman–Crippen LogP) is 0.970. The number of nitrogens with zero attached hydrogens (tertiary/aromatic N) is 2. The molecule has 0 aromatic carbocycles. The van der Waals surface area contributed by atoms with E-state index < -0.39 is 0 Å². The summed E-state index contributed by atoms with van der Waals surface area (Å²) in [5.41, 5.74) is 6.35. The lowest BCUT2D eigenvalue weighted by Crippen LogP contribution is -2.24. The molecular formula is C8H10IN3O. The second-order valence-corrected chi connectivity index (χ2v) is 3.88. The Morgan fingerprint density at radius 3 is 2.69 bits per heavy atom. The van der Waals surface area contributed by atoms with Gasteiger partial charge in [-0.15, -0.1) is 0 Å². The van der Waals surface area contributed by atoms with Crippen LogP contribution >= 0.6 is 22.6 Å². The summed E-state index contributed by atoms with van der Waals surface area (Å²) >= 11 is 2.04. The fourth-order valence-corrected chi connectivity index (χ4v) is 1.25. The molecule has 0 radical (unpaired) electrons. The Bertz CT molecular complexity index is 338. The Morgan fingerprint density at radius 2 is 2.15 bits per heavy atom. The van der Waals surface area contributed by atoms with Crippen LogP contribution in [0, 0.1) is 3.70 Å². The minimum absolute atomic E-state index is 0.170. The minimum atomic E-state index is -0.170. The van der Waals surface area contributed by atoms with E-state index in [0.29, 0.717) is 11.4 Å². The van der Waals surface area contributed by atoms with E-state index in [-0.39, 0.29) is 5.91 Å². The molecule has 1 amide bonds. The molecule has 0 aliphatic heterocycles. The maximum atomic E-state index is 11.5. The lowest BCUT2D eigenvalue weighted by atomic mass is 10.3. The van der Waals surface area contributed by atoms with Crippen LogP contribution in [0.15, 0.2) is 12.1 Å². The van der Waals surface area contributed by atoms with Crippen LogP contribution in [0.4, 0.5) is 5.69 Å². The van der Waals surface area contributed by atoms with E-state index in [0.717, 1.165) is 3.70 Å². The molecule has 0 aliphatic carbocycles. The van der Waals surface area contributed by atoms with E-state index in [4.69, 9.17) is 5.73 Å². The first-order valence-electron chi connectivity index (χ1n) is 3.66. The van der Waals surface area contributed by atoms with Crippen molar-refractivity contribution in [2.45, 2.75) is 0 Å². The van der Waals surface area contributed by atoms with Gasteiger partial charge in [-0.25, -0.2) is 4.98 Å². The highest BCUT2D eigenvalue weighted by molar-refractivity contribution is 14.1. The number of hydrogen-bond acceptors (Lipinski definition) is 3. The van der Waals surface area contributed by atoms with Gasteiger partial charge in [0.1, 0.15) is 3.70 Å². The first kappa shape index (κ1) is 10.2. The lowest BCUT2D eigenvalue weighted by molar-refractivity contribution is 0.0823. The smallest absolute Gasteiger partial charge is 0.274 e. The molecule has 0 aliphatic rings. The van der Waals surface area contributed by atoms with Crippen molar-refractivity contribution >= 4 is 34.2 Å². The Morgan fingerprint density at radius 1 is 1.54 bits per heavy atom. The molecule has 0 saturated carbocycles. The Hall–Kier alpha value is -0.850. The van der Waals surface area contributed by atoms with Crippen LogP contribution in [-0.2, 0) is 0 Å². The average molecular weight is 291 g/mol. The molecule has 0 saturated heterocycles. The summed E-state index contributed by atoms with van der Waals surface area (Å²) in [6, 6.07) is 3.45. The maximum Gasteiger partial charge on any atom is 0.274 e. The second-order valence-electron chi connectivity index (χ2n) is 2.77. The van der Waals surface area contributed by atoms with Crippen molar-refractivity contribution in [2.75, 3.05) is 19.8 Å². The van der Waals surface area contributed by atoms with Gasteiger partial charge < -0.3 is 10.6 Å². The highest BCUT2D eigenvalue weighted by atomic mass is 127. The summed E-state index contributed by atoms with van der Waals surface area (Å²) in [5, 5.41) is 0. The van der Waals surface area contributed by atoms with Crippen molar-refractivity contribution in [3.05, 3.63) is 21.5 Å². The van der Waals surface area contributed by atoms with Crippen LogP contribution in [-0.4, -0.2) is 29.9 Å². The van der Waals surface area contributed by atoms with Crippen molar-refractivity contribution in [2.24, 2.45) is 0 Å². The van der Waals surface area contributed by atoms with Gasteiger partial charge in [0.25, 0.3) is 5.91 Å². The summed E-state index contributed by atoms with van der Waals surface area (Å²) < 4.78 is 0.761. The van der Waals surface area contributed by atoms with Crippen molar-refractivity contribution in [3.8, 4) is 0 Å². The third-order valence-corrected chi connectivity index (χ3v) is 2.10. The second kappa shape index (κ2) is 3.91. The van der Waals surface area contributed by atoms with Gasteiger partial charge in [-0.2, -0.15) is 0 Å². The van der Waals surface area contributed by atoms with Crippen LogP contribution in [0.1, 0.15) is 10.5 Å². The highest BCUT2D eigenvalue weighted by Crippen LogP contribution is 2.12. The van der Waals surface area contributed by atoms with Gasteiger partial charge in [-0.1, -0.05) is 0 Å². The quantitative estimate of drug-likeness (QED) is 0.619. The largest absolute Gasteiger partial charge is 0.397 e. The number of nitrogen functional groups attached to an aromatic ring is 1. The first-order chi connectivity index (χ1) is 6.02. The monoisotopic (exact) mass is 291 g/mol. The highest BCUT2D eigenvalue weighted by Gasteiger charge is 2.13. The molecule has 1 aromatic rings. The number of pyridine rings is 1. The van der Waals surface area contributed by atoms with Crippen molar-refractivity contribution in [1.29, 1.82) is 0 Å². The van der Waals surface area contributed by atoms with E-state index >= 15 is 0 Å². The van der Waals surface area contributed by atoms with Gasteiger partial charge in [0.05, 0.1) is 5.69 Å². The molecule has 1 aromatic heterocycles. The SMILES string of the molecule is CN(C)C(=O)c1nc(I)ccc1N. The zero-order valence-corrected chi connectivity index (χ0v) is 9.57. The molecule has 0 fully saturated rings. The number of amides is 1. The normalized spacial score (nSPS) is 9.77. The van der Waals surface area contributed by atoms with E-state index in [1.165, 1.54) is 4.90 Å². The van der Waals surface area contributed by atoms with Gasteiger partial charge in [0.15, 0.2) is 5.69 Å². The van der Waals surface area contributed by atoms with Crippen molar-refractivity contribution < 1.29 is 4.79 Å². The van der Waals surface area contributed by atoms with Gasteiger partial charge in [-0.05, 0) is 34.7 Å². The zero-order chi connectivity index (χ0) is 10.0. The number of carbonyl (C=O) groups is 1. The molecule has 1 heterocycles. The van der Waals surface area contributed by atoms with Gasteiger partial charge in [0, 0.05) is 14.1 Å². The molecule has 4 nitrogen and oxygen atoms in total. The summed E-state index contributed by atoms with van der Waals surface area (Å²) in [4.78, 5) is 17.0. The molecule has 70 valence electrons. The molecular weight excluding hydrogens is 281 g/mol. The number of aromatic nitrogens is 1. The summed E-state index contributed by atoms with van der Waals surface area (Å²) in [7, 11) is 3.34. The minimum Gasteiger partial charge on any atom is -0.397 e. The van der Waals surface area contributed by atoms with Gasteiger partial charge >= 0.3 is 0 Å². The summed E-state index contributed by atoms with van der Waals surface area (Å²) in [6.07, 6.45) is 0. The average Bonchev–Trinajstić information content (AvgIpc) is 2.08. The van der Waals surface area contributed by atoms with Crippen LogP contribution in [0.3, 0.4) is 0 Å². The van der Waals surface area contributed by atoms with Crippen molar-refractivity contribution in [1.82, 2.24) is 9.88 Å². The van der Waals surface area contributed by atoms with E-state index in [2.05, 4.69) is 4.98 Å². The molecule has 0 unspecified atom stereocenters. The molecule has 1 rings (SSSR count). The van der Waals surface area contributed by atoms with E-state index in [9.17, 15) is 4.79 Å². The third-order valence-electron chi connectivity index (χ3n) is 1.50. The number of halogens is 1. The molecule has 2 N–H and O–H groups in total. The molecule has 5 heteroatoms. The van der Waals surface area contributed by atoms with Crippen LogP contribution in [0.5, 0.6) is 0 Å². The molecule has 13 heavy (non-hydrogen) atoms. The standard InChI is InChI=1S/C8H10IN3O/c1-12(2)8(13)7-5(10)3-4-6(9)11-7/h3-4H,10H2,1-2H3. The zero-order valence-electron chi connectivity index (χ0n) is 7.41. The molecule has 0 bridgehead atoms. The summed E-state index contributed by atoms with van der Waals surface area (Å²) in [5.74, 6) is -0.170. The lowest BCUT2D eigenvalue weighted by Gasteiger charge is -2.10. The Kier molecular flexibility index (Phi) is 3.07. The summed E-state index contributed by atoms with van der Waals surface area (Å²) in [6.45, 7) is 0. The Labute approximate surface area is 90.3 Å². The van der Waals surface area contributed by atoms with Crippen LogP contribution < -0.4 is 5.73 Å². The molecule has 0 atom stereocenters. The van der Waals surface area contributed by atoms with Crippen molar-refractivity contribution in [3.63, 3.8) is 0 Å². The number of carbonyl (C=O) groups excluding carboxylic acids is 1. The van der Waals surface area contributed by atoms with E-state index in [1.807, 2.05) is 22.6 Å². The number of nitrogens with two attached hydrogens (primary N) is 1. The molecule has 0 spiro atoms. The topological polar surface area (TPSA) is 59.2 Å². The fraction of sp³-hybridized carbons (Fsp3) is 0.250.